The lowest BCUT2D eigenvalue weighted by Gasteiger charge is -2.29. The van der Waals surface area contributed by atoms with E-state index >= 15 is 0 Å². The van der Waals surface area contributed by atoms with Crippen LogP contribution in [0.5, 0.6) is 0 Å². The Kier molecular flexibility index (Phi) is 5.13. The number of oxime groups is 1. The Bertz CT molecular complexity index is 1220. The second kappa shape index (κ2) is 7.42. The zero-order valence-corrected chi connectivity index (χ0v) is 17.6. The van der Waals surface area contributed by atoms with Gasteiger partial charge >= 0.3 is 12.1 Å². The SMILES string of the molecule is COC(=O)c1ccc(C2=NOC(c3cc(Cl)cc(Cl)c3)(C(F)(F)F)C2)c2cnn(C)c12. The third-order valence-electron chi connectivity index (χ3n) is 5.13. The maximum atomic E-state index is 14.2. The number of carbonyl (C=O) groups excluding carboxylic acids is 1. The van der Waals surface area contributed by atoms with E-state index in [-0.39, 0.29) is 26.9 Å². The molecule has 1 aromatic heterocycles. The minimum absolute atomic E-state index is 0.0419. The van der Waals surface area contributed by atoms with Gasteiger partial charge in [0.05, 0.1) is 30.1 Å². The monoisotopic (exact) mass is 471 g/mol. The van der Waals surface area contributed by atoms with Crippen molar-refractivity contribution < 1.29 is 27.5 Å². The lowest BCUT2D eigenvalue weighted by atomic mass is 9.86. The maximum absolute atomic E-state index is 14.2. The summed E-state index contributed by atoms with van der Waals surface area (Å²) >= 11 is 11.9. The average molecular weight is 472 g/mol. The number of aryl methyl sites for hydroxylation is 1. The fourth-order valence-electron chi connectivity index (χ4n) is 3.65. The summed E-state index contributed by atoms with van der Waals surface area (Å²) in [6.07, 6.45) is -3.98. The third kappa shape index (κ3) is 3.41. The molecule has 2 aromatic carbocycles. The molecule has 11 heteroatoms. The summed E-state index contributed by atoms with van der Waals surface area (Å²) in [7, 11) is 2.85. The Morgan fingerprint density at radius 3 is 2.52 bits per heavy atom. The molecular weight excluding hydrogens is 458 g/mol. The number of fused-ring (bicyclic) bond motifs is 1. The number of hydrogen-bond acceptors (Lipinski definition) is 5. The molecule has 0 N–H and O–H groups in total. The van der Waals surface area contributed by atoms with Gasteiger partial charge in [-0.1, -0.05) is 34.4 Å². The van der Waals surface area contributed by atoms with Crippen LogP contribution in [0.1, 0.15) is 27.9 Å². The summed E-state index contributed by atoms with van der Waals surface area (Å²) in [4.78, 5) is 17.2. The first-order valence-electron chi connectivity index (χ1n) is 8.89. The highest BCUT2D eigenvalue weighted by molar-refractivity contribution is 6.34. The van der Waals surface area contributed by atoms with Crippen molar-refractivity contribution in [1.82, 2.24) is 9.78 Å². The van der Waals surface area contributed by atoms with Gasteiger partial charge in [0.2, 0.25) is 0 Å². The van der Waals surface area contributed by atoms with E-state index in [9.17, 15) is 18.0 Å². The van der Waals surface area contributed by atoms with Crippen molar-refractivity contribution in [2.24, 2.45) is 12.2 Å². The number of rotatable bonds is 3. The molecule has 3 aromatic rings. The van der Waals surface area contributed by atoms with Crippen molar-refractivity contribution in [3.63, 3.8) is 0 Å². The van der Waals surface area contributed by atoms with Gasteiger partial charge in [-0.25, -0.2) is 4.79 Å². The molecule has 1 unspecified atom stereocenters. The molecule has 162 valence electrons. The summed E-state index contributed by atoms with van der Waals surface area (Å²) < 4.78 is 48.9. The number of alkyl halides is 3. The van der Waals surface area contributed by atoms with Gasteiger partial charge in [-0.2, -0.15) is 18.3 Å². The van der Waals surface area contributed by atoms with Crippen LogP contribution in [-0.4, -0.2) is 34.7 Å². The normalized spacial score (nSPS) is 18.7. The van der Waals surface area contributed by atoms with Crippen molar-refractivity contribution in [3.8, 4) is 0 Å². The van der Waals surface area contributed by atoms with Crippen LogP contribution in [0.2, 0.25) is 10.0 Å². The number of aromatic nitrogens is 2. The van der Waals surface area contributed by atoms with Crippen molar-refractivity contribution in [3.05, 3.63) is 63.3 Å². The lowest BCUT2D eigenvalue weighted by Crippen LogP contribution is -2.42. The van der Waals surface area contributed by atoms with E-state index in [4.69, 9.17) is 32.8 Å². The Balaban J connectivity index is 1.83. The molecule has 0 saturated carbocycles. The van der Waals surface area contributed by atoms with Gasteiger partial charge in [0.1, 0.15) is 0 Å². The van der Waals surface area contributed by atoms with Crippen LogP contribution in [0.4, 0.5) is 13.2 Å². The van der Waals surface area contributed by atoms with Gasteiger partial charge < -0.3 is 9.57 Å². The highest BCUT2D eigenvalue weighted by atomic mass is 35.5. The minimum atomic E-state index is -4.81. The van der Waals surface area contributed by atoms with Gasteiger partial charge in [0, 0.05) is 40.0 Å². The summed E-state index contributed by atoms with van der Waals surface area (Å²) in [5.41, 5.74) is -1.98. The number of esters is 1. The van der Waals surface area contributed by atoms with Gasteiger partial charge in [-0.15, -0.1) is 0 Å². The van der Waals surface area contributed by atoms with Crippen molar-refractivity contribution >= 4 is 45.8 Å². The highest BCUT2D eigenvalue weighted by Crippen LogP contribution is 2.50. The fraction of sp³-hybridized carbons (Fsp3) is 0.250. The zero-order chi connectivity index (χ0) is 22.6. The molecule has 0 amide bonds. The van der Waals surface area contributed by atoms with Crippen LogP contribution in [-0.2, 0) is 22.2 Å². The Morgan fingerprint density at radius 1 is 1.23 bits per heavy atom. The van der Waals surface area contributed by atoms with E-state index in [2.05, 4.69) is 10.3 Å². The number of nitrogens with zero attached hydrogens (tertiary/aromatic N) is 3. The van der Waals surface area contributed by atoms with Crippen molar-refractivity contribution in [2.45, 2.75) is 18.2 Å². The van der Waals surface area contributed by atoms with E-state index < -0.39 is 24.2 Å². The summed E-state index contributed by atoms with van der Waals surface area (Å²) in [5, 5.41) is 8.42. The molecule has 1 aliphatic rings. The number of methoxy groups -OCH3 is 1. The third-order valence-corrected chi connectivity index (χ3v) is 5.57. The maximum Gasteiger partial charge on any atom is 0.435 e. The van der Waals surface area contributed by atoms with Crippen LogP contribution in [0.3, 0.4) is 0 Å². The Morgan fingerprint density at radius 2 is 1.90 bits per heavy atom. The Hall–Kier alpha value is -2.78. The second-order valence-corrected chi connectivity index (χ2v) is 7.84. The first-order chi connectivity index (χ1) is 14.6. The van der Waals surface area contributed by atoms with E-state index in [1.807, 2.05) is 0 Å². The fourth-order valence-corrected chi connectivity index (χ4v) is 4.18. The number of benzene rings is 2. The lowest BCUT2D eigenvalue weighted by molar-refractivity contribution is -0.275. The topological polar surface area (TPSA) is 65.7 Å². The zero-order valence-electron chi connectivity index (χ0n) is 16.1. The molecule has 0 radical (unpaired) electrons. The smallest absolute Gasteiger partial charge is 0.435 e. The van der Waals surface area contributed by atoms with Crippen LogP contribution in [0.25, 0.3) is 10.9 Å². The summed E-state index contributed by atoms with van der Waals surface area (Å²) in [6.45, 7) is 0. The predicted octanol–water partition coefficient (Wildman–Crippen LogP) is 5.25. The number of halogens is 5. The first kappa shape index (κ1) is 21.5. The largest absolute Gasteiger partial charge is 0.465 e. The van der Waals surface area contributed by atoms with Gasteiger partial charge in [-0.05, 0) is 24.3 Å². The van der Waals surface area contributed by atoms with Gasteiger partial charge in [0.15, 0.2) is 0 Å². The molecule has 1 aliphatic heterocycles. The minimum Gasteiger partial charge on any atom is -0.465 e. The van der Waals surface area contributed by atoms with E-state index in [1.165, 1.54) is 36.2 Å². The molecule has 0 spiro atoms. The number of hydrogen-bond donors (Lipinski definition) is 0. The van der Waals surface area contributed by atoms with Crippen LogP contribution in [0.15, 0.2) is 41.7 Å². The molecule has 0 aliphatic carbocycles. The molecular formula is C20H14Cl2F3N3O3. The van der Waals surface area contributed by atoms with Crippen LogP contribution >= 0.6 is 23.2 Å². The van der Waals surface area contributed by atoms with Gasteiger partial charge in [-0.3, -0.25) is 4.68 Å². The van der Waals surface area contributed by atoms with Crippen molar-refractivity contribution in [1.29, 1.82) is 0 Å². The molecule has 31 heavy (non-hydrogen) atoms. The predicted molar refractivity (Wildman–Crippen MR) is 108 cm³/mol. The Labute approximate surface area is 184 Å². The molecule has 0 bridgehead atoms. The van der Waals surface area contributed by atoms with E-state index in [0.29, 0.717) is 16.5 Å². The molecule has 4 rings (SSSR count). The molecule has 2 heterocycles. The first-order valence-corrected chi connectivity index (χ1v) is 9.65. The standard InChI is InChI=1S/C20H14Cl2F3N3O3/c1-28-17-14(18(29)30-2)4-3-13(15(17)9-26-28)16-8-19(31-27-16,20(23,24)25)10-5-11(21)7-12(22)6-10/h3-7,9H,8H2,1-2H3. The number of carbonyl (C=O) groups is 1. The van der Waals surface area contributed by atoms with Crippen molar-refractivity contribution in [2.75, 3.05) is 7.11 Å². The molecule has 1 atom stereocenters. The summed E-state index contributed by atoms with van der Waals surface area (Å²) in [5.74, 6) is -0.594. The molecule has 6 nitrogen and oxygen atoms in total. The van der Waals surface area contributed by atoms with Gasteiger partial charge in [0.25, 0.3) is 5.60 Å². The summed E-state index contributed by atoms with van der Waals surface area (Å²) in [6, 6.07) is 6.59. The number of ether oxygens (including phenoxy) is 1. The van der Waals surface area contributed by atoms with Crippen LogP contribution in [0, 0.1) is 0 Å². The van der Waals surface area contributed by atoms with E-state index in [1.54, 1.807) is 7.05 Å². The quantitative estimate of drug-likeness (QED) is 0.489. The highest BCUT2D eigenvalue weighted by Gasteiger charge is 2.62. The van der Waals surface area contributed by atoms with E-state index in [0.717, 1.165) is 12.1 Å². The second-order valence-electron chi connectivity index (χ2n) is 6.97. The molecule has 0 fully saturated rings. The molecule has 0 saturated heterocycles. The average Bonchev–Trinajstić information content (AvgIpc) is 3.31. The van der Waals surface area contributed by atoms with Crippen LogP contribution < -0.4 is 0 Å².